The van der Waals surface area contributed by atoms with Gasteiger partial charge in [-0.05, 0) is 18.2 Å². The van der Waals surface area contributed by atoms with Crippen molar-refractivity contribution in [3.8, 4) is 0 Å². The number of hydrogen-bond donors (Lipinski definition) is 3. The molecule has 0 aliphatic carbocycles. The number of morpholine rings is 1. The fraction of sp³-hybridized carbons (Fsp3) is 0.333. The van der Waals surface area contributed by atoms with E-state index in [4.69, 9.17) is 22.1 Å². The van der Waals surface area contributed by atoms with Crippen molar-refractivity contribution in [1.82, 2.24) is 5.32 Å². The Balaban J connectivity index is 0.00000200. The van der Waals surface area contributed by atoms with Crippen molar-refractivity contribution in [3.05, 3.63) is 28.8 Å². The molecule has 0 saturated carbocycles. The van der Waals surface area contributed by atoms with Crippen LogP contribution in [0.1, 0.15) is 10.4 Å². The Kier molecular flexibility index (Phi) is 6.22. The minimum atomic E-state index is -0.609. The average Bonchev–Trinajstić information content (AvgIpc) is 2.39. The molecule has 0 aromatic heterocycles. The first-order valence-corrected chi connectivity index (χ1v) is 6.18. The second kappa shape index (κ2) is 7.44. The van der Waals surface area contributed by atoms with Crippen LogP contribution in [-0.2, 0) is 9.53 Å². The molecule has 1 aliphatic rings. The average molecular weight is 320 g/mol. The molecule has 1 aliphatic heterocycles. The van der Waals surface area contributed by atoms with Crippen LogP contribution in [0.25, 0.3) is 0 Å². The smallest absolute Gasteiger partial charge is 0.254 e. The highest BCUT2D eigenvalue weighted by molar-refractivity contribution is 6.34. The summed E-state index contributed by atoms with van der Waals surface area (Å²) < 4.78 is 5.32. The largest absolute Gasteiger partial charge is 0.366 e. The number of halogens is 2. The lowest BCUT2D eigenvalue weighted by molar-refractivity contribution is -0.128. The summed E-state index contributed by atoms with van der Waals surface area (Å²) in [6, 6.07) is 4.52. The number of amides is 2. The van der Waals surface area contributed by atoms with E-state index in [-0.39, 0.29) is 28.9 Å². The van der Waals surface area contributed by atoms with Gasteiger partial charge in [-0.25, -0.2) is 0 Å². The van der Waals surface area contributed by atoms with Crippen LogP contribution >= 0.6 is 24.0 Å². The Morgan fingerprint density at radius 1 is 1.45 bits per heavy atom. The van der Waals surface area contributed by atoms with Gasteiger partial charge in [0.2, 0.25) is 5.91 Å². The van der Waals surface area contributed by atoms with Gasteiger partial charge >= 0.3 is 0 Å². The van der Waals surface area contributed by atoms with Crippen molar-refractivity contribution >= 4 is 41.5 Å². The van der Waals surface area contributed by atoms with Gasteiger partial charge in [-0.3, -0.25) is 9.59 Å². The van der Waals surface area contributed by atoms with E-state index in [9.17, 15) is 9.59 Å². The molecule has 1 atom stereocenters. The number of carbonyl (C=O) groups excluding carboxylic acids is 2. The van der Waals surface area contributed by atoms with E-state index in [0.29, 0.717) is 18.8 Å². The van der Waals surface area contributed by atoms with Crippen molar-refractivity contribution < 1.29 is 14.3 Å². The lowest BCUT2D eigenvalue weighted by Crippen LogP contribution is -2.45. The van der Waals surface area contributed by atoms with Gasteiger partial charge in [0.05, 0.1) is 17.2 Å². The van der Waals surface area contributed by atoms with Crippen molar-refractivity contribution in [2.75, 3.05) is 25.0 Å². The SMILES string of the molecule is Cl.NC(=O)c1ccc(NC(=O)C2CNCCO2)cc1Cl. The number of hydrogen-bond acceptors (Lipinski definition) is 4. The van der Waals surface area contributed by atoms with Crippen molar-refractivity contribution in [1.29, 1.82) is 0 Å². The number of nitrogens with two attached hydrogens (primary N) is 1. The van der Waals surface area contributed by atoms with Crippen LogP contribution in [0.4, 0.5) is 5.69 Å². The van der Waals surface area contributed by atoms with Crippen LogP contribution in [-0.4, -0.2) is 37.6 Å². The second-order valence-corrected chi connectivity index (χ2v) is 4.52. The van der Waals surface area contributed by atoms with Crippen LogP contribution in [0.2, 0.25) is 5.02 Å². The topological polar surface area (TPSA) is 93.5 Å². The first-order chi connectivity index (χ1) is 9.08. The molecule has 1 aromatic rings. The quantitative estimate of drug-likeness (QED) is 0.767. The molecule has 0 spiro atoms. The molecule has 1 fully saturated rings. The Hall–Kier alpha value is -1.34. The molecule has 20 heavy (non-hydrogen) atoms. The maximum absolute atomic E-state index is 11.9. The van der Waals surface area contributed by atoms with Crippen LogP contribution in [0.3, 0.4) is 0 Å². The highest BCUT2D eigenvalue weighted by Crippen LogP contribution is 2.20. The van der Waals surface area contributed by atoms with E-state index >= 15 is 0 Å². The van der Waals surface area contributed by atoms with E-state index in [1.807, 2.05) is 0 Å². The molecule has 0 bridgehead atoms. The van der Waals surface area contributed by atoms with Crippen LogP contribution in [0, 0.1) is 0 Å². The number of carbonyl (C=O) groups is 2. The zero-order valence-corrected chi connectivity index (χ0v) is 12.1. The van der Waals surface area contributed by atoms with E-state index < -0.39 is 12.0 Å². The highest BCUT2D eigenvalue weighted by atomic mass is 35.5. The fourth-order valence-electron chi connectivity index (χ4n) is 1.75. The molecule has 2 amide bonds. The Labute approximate surface area is 127 Å². The van der Waals surface area contributed by atoms with Crippen LogP contribution < -0.4 is 16.4 Å². The first kappa shape index (κ1) is 16.7. The normalized spacial score (nSPS) is 17.9. The van der Waals surface area contributed by atoms with Gasteiger partial charge in [0.1, 0.15) is 6.10 Å². The summed E-state index contributed by atoms with van der Waals surface area (Å²) >= 11 is 5.90. The van der Waals surface area contributed by atoms with Crippen molar-refractivity contribution in [3.63, 3.8) is 0 Å². The standard InChI is InChI=1S/C12H14ClN3O3.ClH/c13-9-5-7(1-2-8(9)11(14)17)16-12(18)10-6-15-3-4-19-10;/h1-2,5,10,15H,3-4,6H2,(H2,14,17)(H,16,18);1H. The highest BCUT2D eigenvalue weighted by Gasteiger charge is 2.21. The van der Waals surface area contributed by atoms with Gasteiger partial charge in [-0.1, -0.05) is 11.6 Å². The Morgan fingerprint density at radius 3 is 2.75 bits per heavy atom. The lowest BCUT2D eigenvalue weighted by atomic mass is 10.2. The molecular formula is C12H15Cl2N3O3. The van der Waals surface area contributed by atoms with Crippen molar-refractivity contribution in [2.45, 2.75) is 6.10 Å². The summed E-state index contributed by atoms with van der Waals surface area (Å²) in [6.07, 6.45) is -0.525. The number of nitrogens with one attached hydrogen (secondary N) is 2. The number of anilines is 1. The van der Waals surface area contributed by atoms with Gasteiger partial charge in [-0.2, -0.15) is 0 Å². The van der Waals surface area contributed by atoms with E-state index in [0.717, 1.165) is 6.54 Å². The molecular weight excluding hydrogens is 305 g/mol. The number of rotatable bonds is 3. The molecule has 6 nitrogen and oxygen atoms in total. The third-order valence-corrected chi connectivity index (χ3v) is 3.03. The minimum Gasteiger partial charge on any atom is -0.366 e. The van der Waals surface area contributed by atoms with Gasteiger partial charge in [0, 0.05) is 18.8 Å². The van der Waals surface area contributed by atoms with Crippen LogP contribution in [0.5, 0.6) is 0 Å². The Morgan fingerprint density at radius 2 is 2.20 bits per heavy atom. The second-order valence-electron chi connectivity index (χ2n) is 4.11. The monoisotopic (exact) mass is 319 g/mol. The van der Waals surface area contributed by atoms with Crippen LogP contribution in [0.15, 0.2) is 18.2 Å². The fourth-order valence-corrected chi connectivity index (χ4v) is 2.02. The first-order valence-electron chi connectivity index (χ1n) is 5.80. The maximum atomic E-state index is 11.9. The molecule has 0 radical (unpaired) electrons. The number of primary amides is 1. The summed E-state index contributed by atoms with van der Waals surface area (Å²) in [7, 11) is 0. The molecule has 8 heteroatoms. The Bertz CT molecular complexity index is 505. The number of benzene rings is 1. The third kappa shape index (κ3) is 4.08. The summed E-state index contributed by atoms with van der Waals surface area (Å²) in [4.78, 5) is 22.9. The molecule has 1 unspecified atom stereocenters. The predicted molar refractivity (Wildman–Crippen MR) is 78.5 cm³/mol. The zero-order chi connectivity index (χ0) is 13.8. The summed E-state index contributed by atoms with van der Waals surface area (Å²) in [6.45, 7) is 1.71. The van der Waals surface area contributed by atoms with Gasteiger partial charge < -0.3 is 21.1 Å². The van der Waals surface area contributed by atoms with Gasteiger partial charge in [0.15, 0.2) is 0 Å². The third-order valence-electron chi connectivity index (χ3n) is 2.72. The molecule has 110 valence electrons. The summed E-state index contributed by atoms with van der Waals surface area (Å²) in [5.41, 5.74) is 5.86. The van der Waals surface area contributed by atoms with E-state index in [1.165, 1.54) is 12.1 Å². The van der Waals surface area contributed by atoms with Gasteiger partial charge in [0.25, 0.3) is 5.91 Å². The van der Waals surface area contributed by atoms with Crippen molar-refractivity contribution in [2.24, 2.45) is 5.73 Å². The predicted octanol–water partition coefficient (Wildman–Crippen LogP) is 0.788. The summed E-state index contributed by atoms with van der Waals surface area (Å²) in [5.74, 6) is -0.863. The van der Waals surface area contributed by atoms with Gasteiger partial charge in [-0.15, -0.1) is 12.4 Å². The summed E-state index contributed by atoms with van der Waals surface area (Å²) in [5, 5.41) is 5.94. The molecule has 2 rings (SSSR count). The maximum Gasteiger partial charge on any atom is 0.254 e. The minimum absolute atomic E-state index is 0. The molecule has 4 N–H and O–H groups in total. The lowest BCUT2D eigenvalue weighted by Gasteiger charge is -2.22. The molecule has 1 saturated heterocycles. The number of ether oxygens (including phenoxy) is 1. The van der Waals surface area contributed by atoms with E-state index in [2.05, 4.69) is 10.6 Å². The molecule has 1 aromatic carbocycles. The molecule has 1 heterocycles. The van der Waals surface area contributed by atoms with E-state index in [1.54, 1.807) is 6.07 Å². The zero-order valence-electron chi connectivity index (χ0n) is 10.5.